The Hall–Kier alpha value is -3.07. The Morgan fingerprint density at radius 3 is 2.19 bits per heavy atom. The van der Waals surface area contributed by atoms with Crippen LogP contribution >= 0.6 is 0 Å². The van der Waals surface area contributed by atoms with Crippen molar-refractivity contribution < 1.29 is 22.7 Å². The number of nitrogens with zero attached hydrogens (tertiary/aromatic N) is 2. The molecule has 0 heterocycles. The first kappa shape index (κ1) is 25.6. The van der Waals surface area contributed by atoms with Crippen LogP contribution in [0.1, 0.15) is 49.7 Å². The lowest BCUT2D eigenvalue weighted by molar-refractivity contribution is -0.119. The van der Waals surface area contributed by atoms with Crippen LogP contribution in [0.15, 0.2) is 47.6 Å². The van der Waals surface area contributed by atoms with Crippen LogP contribution in [0.3, 0.4) is 0 Å². The van der Waals surface area contributed by atoms with Crippen LogP contribution in [0.25, 0.3) is 0 Å². The molecule has 4 fully saturated rings. The number of methoxy groups -OCH3 is 2. The highest BCUT2D eigenvalue weighted by Crippen LogP contribution is 2.60. The molecule has 1 N–H and O–H groups in total. The second-order valence-corrected chi connectivity index (χ2v) is 12.8. The van der Waals surface area contributed by atoms with Gasteiger partial charge in [0.25, 0.3) is 5.91 Å². The Morgan fingerprint density at radius 1 is 1.03 bits per heavy atom. The molecule has 6 rings (SSSR count). The minimum Gasteiger partial charge on any atom is -0.497 e. The predicted octanol–water partition coefficient (Wildman–Crippen LogP) is 4.09. The van der Waals surface area contributed by atoms with Gasteiger partial charge in [-0.25, -0.2) is 13.8 Å². The summed E-state index contributed by atoms with van der Waals surface area (Å²) in [6.07, 6.45) is 10.4. The normalized spacial score (nSPS) is 26.3. The number of hydrazone groups is 1. The molecular formula is C28H35N3O5S. The number of amides is 1. The number of hydrogen-bond donors (Lipinski definition) is 1. The summed E-state index contributed by atoms with van der Waals surface area (Å²) < 4.78 is 36.8. The van der Waals surface area contributed by atoms with E-state index in [4.69, 9.17) is 9.47 Å². The lowest BCUT2D eigenvalue weighted by atomic mass is 9.48. The SMILES string of the molecule is COc1ccc(OC)c(/C=N\NC(=O)CN(c2ccc(C34CC5CC(CC(C5)C3)C4)cc2)S(C)(=O)=O)c1. The molecule has 8 nitrogen and oxygen atoms in total. The number of hydrogen-bond acceptors (Lipinski definition) is 6. The number of rotatable bonds is 9. The molecule has 0 aromatic heterocycles. The number of anilines is 1. The van der Waals surface area contributed by atoms with Crippen LogP contribution in [-0.4, -0.2) is 47.6 Å². The molecule has 9 heteroatoms. The summed E-state index contributed by atoms with van der Waals surface area (Å²) in [5, 5.41) is 3.99. The van der Waals surface area contributed by atoms with Crippen molar-refractivity contribution in [2.45, 2.75) is 43.9 Å². The minimum atomic E-state index is -3.68. The average Bonchev–Trinajstić information content (AvgIpc) is 2.86. The summed E-state index contributed by atoms with van der Waals surface area (Å²) in [6, 6.07) is 13.0. The Labute approximate surface area is 219 Å². The maximum absolute atomic E-state index is 12.7. The molecule has 4 bridgehead atoms. The van der Waals surface area contributed by atoms with Crippen molar-refractivity contribution in [1.29, 1.82) is 0 Å². The molecule has 198 valence electrons. The van der Waals surface area contributed by atoms with Gasteiger partial charge in [0.2, 0.25) is 10.0 Å². The van der Waals surface area contributed by atoms with Crippen LogP contribution in [0.2, 0.25) is 0 Å². The minimum absolute atomic E-state index is 0.233. The van der Waals surface area contributed by atoms with Gasteiger partial charge >= 0.3 is 0 Å². The summed E-state index contributed by atoms with van der Waals surface area (Å²) in [6.45, 7) is -0.373. The zero-order valence-electron chi connectivity index (χ0n) is 21.6. The number of nitrogens with one attached hydrogen (secondary N) is 1. The molecule has 1 amide bonds. The van der Waals surface area contributed by atoms with Crippen molar-refractivity contribution in [3.63, 3.8) is 0 Å². The van der Waals surface area contributed by atoms with Gasteiger partial charge in [0, 0.05) is 5.56 Å². The standard InChI is InChI=1S/C28H35N3O5S/c1-35-25-8-9-26(36-2)22(13-25)17-29-30-27(32)18-31(37(3,33)34)24-6-4-23(5-7-24)28-14-19-10-20(15-28)12-21(11-19)16-28/h4-9,13,17,19-21H,10-12,14-16,18H2,1-3H3,(H,30,32)/b29-17-. The van der Waals surface area contributed by atoms with Gasteiger partial charge in [-0.1, -0.05) is 12.1 Å². The molecule has 0 unspecified atom stereocenters. The molecule has 0 radical (unpaired) electrons. The van der Waals surface area contributed by atoms with E-state index in [2.05, 4.69) is 22.7 Å². The topological polar surface area (TPSA) is 97.3 Å². The van der Waals surface area contributed by atoms with E-state index in [1.54, 1.807) is 25.3 Å². The van der Waals surface area contributed by atoms with Crippen molar-refractivity contribution in [1.82, 2.24) is 5.43 Å². The van der Waals surface area contributed by atoms with Crippen molar-refractivity contribution in [2.75, 3.05) is 31.3 Å². The van der Waals surface area contributed by atoms with Crippen molar-refractivity contribution in [2.24, 2.45) is 22.9 Å². The summed E-state index contributed by atoms with van der Waals surface area (Å²) in [5.41, 5.74) is 5.05. The van der Waals surface area contributed by atoms with Crippen LogP contribution < -0.4 is 19.2 Å². The third kappa shape index (κ3) is 5.32. The van der Waals surface area contributed by atoms with Gasteiger partial charge in [-0.2, -0.15) is 5.10 Å². The first-order valence-corrected chi connectivity index (χ1v) is 14.7. The second-order valence-electron chi connectivity index (χ2n) is 10.9. The van der Waals surface area contributed by atoms with Crippen molar-refractivity contribution in [3.8, 4) is 11.5 Å². The first-order valence-electron chi connectivity index (χ1n) is 12.8. The molecule has 2 aromatic carbocycles. The molecule has 37 heavy (non-hydrogen) atoms. The first-order chi connectivity index (χ1) is 17.7. The zero-order chi connectivity index (χ0) is 26.2. The average molecular weight is 526 g/mol. The van der Waals surface area contributed by atoms with Crippen LogP contribution in [0.4, 0.5) is 5.69 Å². The van der Waals surface area contributed by atoms with Crippen molar-refractivity contribution >= 4 is 27.8 Å². The monoisotopic (exact) mass is 525 g/mol. The summed E-state index contributed by atoms with van der Waals surface area (Å²) in [7, 11) is -0.590. The largest absolute Gasteiger partial charge is 0.497 e. The van der Waals surface area contributed by atoms with Crippen LogP contribution in [0, 0.1) is 17.8 Å². The smallest absolute Gasteiger partial charge is 0.260 e. The van der Waals surface area contributed by atoms with E-state index in [9.17, 15) is 13.2 Å². The molecule has 0 saturated heterocycles. The summed E-state index contributed by atoms with van der Waals surface area (Å²) >= 11 is 0. The van der Waals surface area contributed by atoms with E-state index in [1.807, 2.05) is 12.1 Å². The highest BCUT2D eigenvalue weighted by Gasteiger charge is 2.51. The lowest BCUT2D eigenvalue weighted by Gasteiger charge is -2.57. The predicted molar refractivity (Wildman–Crippen MR) is 144 cm³/mol. The Kier molecular flexibility index (Phi) is 6.91. The summed E-state index contributed by atoms with van der Waals surface area (Å²) in [4.78, 5) is 12.7. The molecular weight excluding hydrogens is 490 g/mol. The fourth-order valence-electron chi connectivity index (χ4n) is 7.13. The van der Waals surface area contributed by atoms with Gasteiger partial charge in [-0.15, -0.1) is 0 Å². The van der Waals surface area contributed by atoms with Gasteiger partial charge in [0.05, 0.1) is 32.4 Å². The Bertz CT molecular complexity index is 1250. The van der Waals surface area contributed by atoms with Crippen molar-refractivity contribution in [3.05, 3.63) is 53.6 Å². The van der Waals surface area contributed by atoms with E-state index >= 15 is 0 Å². The summed E-state index contributed by atoms with van der Waals surface area (Å²) in [5.74, 6) is 3.14. The highest BCUT2D eigenvalue weighted by molar-refractivity contribution is 7.92. The quantitative estimate of drug-likeness (QED) is 0.393. The molecule has 0 atom stereocenters. The number of benzene rings is 2. The van der Waals surface area contributed by atoms with Gasteiger partial charge in [-0.05, 0) is 97.6 Å². The van der Waals surface area contributed by atoms with Gasteiger partial charge in [0.1, 0.15) is 18.0 Å². The van der Waals surface area contributed by atoms with E-state index < -0.39 is 15.9 Å². The van der Waals surface area contributed by atoms with E-state index in [0.29, 0.717) is 22.7 Å². The molecule has 0 aliphatic heterocycles. The van der Waals surface area contributed by atoms with E-state index in [0.717, 1.165) is 28.3 Å². The Morgan fingerprint density at radius 2 is 1.65 bits per heavy atom. The third-order valence-electron chi connectivity index (χ3n) is 8.32. The molecule has 2 aromatic rings. The Balaban J connectivity index is 1.28. The van der Waals surface area contributed by atoms with Crippen LogP contribution in [0.5, 0.6) is 11.5 Å². The van der Waals surface area contributed by atoms with Gasteiger partial charge in [0.15, 0.2) is 0 Å². The molecule has 4 aliphatic rings. The maximum atomic E-state index is 12.7. The van der Waals surface area contributed by atoms with Gasteiger partial charge < -0.3 is 9.47 Å². The van der Waals surface area contributed by atoms with Gasteiger partial charge in [-0.3, -0.25) is 9.10 Å². The lowest BCUT2D eigenvalue weighted by Crippen LogP contribution is -2.48. The highest BCUT2D eigenvalue weighted by atomic mass is 32.2. The number of carbonyl (C=O) groups is 1. The van der Waals surface area contributed by atoms with E-state index in [-0.39, 0.29) is 12.0 Å². The van der Waals surface area contributed by atoms with Crippen LogP contribution in [-0.2, 0) is 20.2 Å². The second kappa shape index (κ2) is 10.0. The number of carbonyl (C=O) groups excluding carboxylic acids is 1. The fourth-order valence-corrected chi connectivity index (χ4v) is 7.98. The number of ether oxygens (including phenoxy) is 2. The maximum Gasteiger partial charge on any atom is 0.260 e. The molecule has 4 saturated carbocycles. The fraction of sp³-hybridized carbons (Fsp3) is 0.500. The van der Waals surface area contributed by atoms with E-state index in [1.165, 1.54) is 57.4 Å². The third-order valence-corrected chi connectivity index (χ3v) is 9.46. The molecule has 4 aliphatic carbocycles. The zero-order valence-corrected chi connectivity index (χ0v) is 22.5. The molecule has 0 spiro atoms. The number of sulfonamides is 1.